The fourth-order valence-electron chi connectivity index (χ4n) is 3.91. The average molecular weight is 503 g/mol. The van der Waals surface area contributed by atoms with Gasteiger partial charge in [-0.1, -0.05) is 103 Å². The summed E-state index contributed by atoms with van der Waals surface area (Å²) in [7, 11) is -4.14. The van der Waals surface area contributed by atoms with Crippen LogP contribution in [0.5, 0.6) is 0 Å². The Hall–Kier alpha value is -1.21. The summed E-state index contributed by atoms with van der Waals surface area (Å²) >= 11 is 0. The van der Waals surface area contributed by atoms with E-state index < -0.39 is 19.1 Å². The number of phosphoric acid groups is 1. The van der Waals surface area contributed by atoms with E-state index in [-0.39, 0.29) is 19.8 Å². The monoisotopic (exact) mass is 502 g/mol. The highest BCUT2D eigenvalue weighted by Crippen LogP contribution is 2.43. The predicted octanol–water partition coefficient (Wildman–Crippen LogP) is 6.24. The second-order valence-electron chi connectivity index (χ2n) is 9.20. The van der Waals surface area contributed by atoms with E-state index in [2.05, 4.69) is 11.9 Å². The lowest BCUT2D eigenvalue weighted by Gasteiger charge is -2.13. The topological polar surface area (TPSA) is 111 Å². The Labute approximate surface area is 205 Å². The van der Waals surface area contributed by atoms with E-state index in [9.17, 15) is 19.0 Å². The van der Waals surface area contributed by atoms with Crippen LogP contribution in [0.1, 0.15) is 115 Å². The number of H-pyrrole nitrogens is 1. The van der Waals surface area contributed by atoms with E-state index in [4.69, 9.17) is 9.05 Å². The zero-order valence-electron chi connectivity index (χ0n) is 21.4. The summed E-state index contributed by atoms with van der Waals surface area (Å²) in [4.78, 5) is 35.0. The molecule has 2 N–H and O–H groups in total. The molecule has 1 aromatic rings. The number of aryl methyl sites for hydroxylation is 1. The molecule has 0 amide bonds. The lowest BCUT2D eigenvalue weighted by atomic mass is 10.0. The van der Waals surface area contributed by atoms with Crippen LogP contribution < -0.4 is 11.2 Å². The van der Waals surface area contributed by atoms with E-state index in [0.29, 0.717) is 12.0 Å². The molecular weight excluding hydrogens is 455 g/mol. The number of rotatable bonds is 22. The molecule has 0 bridgehead atoms. The number of hydrogen-bond donors (Lipinski definition) is 2. The number of unbranched alkanes of at least 4 members (excludes halogenated alkanes) is 15. The summed E-state index contributed by atoms with van der Waals surface area (Å²) in [6.07, 6.45) is 21.7. The minimum atomic E-state index is -4.14. The van der Waals surface area contributed by atoms with Gasteiger partial charge in [-0.2, -0.15) is 0 Å². The van der Waals surface area contributed by atoms with Gasteiger partial charge in [0.05, 0.1) is 19.8 Å². The SMILES string of the molecule is CCCCCCCCCCCCCCCCCCOP(=O)(O)OCCn1cc(C)c(=O)[nH]c1=O. The number of aromatic amines is 1. The third kappa shape index (κ3) is 15.6. The molecule has 0 aliphatic heterocycles. The largest absolute Gasteiger partial charge is 0.472 e. The van der Waals surface area contributed by atoms with Crippen molar-refractivity contribution in [3.63, 3.8) is 0 Å². The zero-order chi connectivity index (χ0) is 25.1. The van der Waals surface area contributed by atoms with E-state index in [1.54, 1.807) is 6.92 Å². The Kier molecular flexibility index (Phi) is 17.3. The first-order valence-electron chi connectivity index (χ1n) is 13.3. The Morgan fingerprint density at radius 3 is 1.74 bits per heavy atom. The number of aromatic nitrogens is 2. The molecule has 1 aromatic heterocycles. The first kappa shape index (κ1) is 30.8. The zero-order valence-corrected chi connectivity index (χ0v) is 22.3. The molecular formula is C25H47N2O6P. The second kappa shape index (κ2) is 19.0. The van der Waals surface area contributed by atoms with Gasteiger partial charge in [-0.15, -0.1) is 0 Å². The smallest absolute Gasteiger partial charge is 0.302 e. The van der Waals surface area contributed by atoms with Crippen LogP contribution in [0.3, 0.4) is 0 Å². The highest BCUT2D eigenvalue weighted by atomic mass is 31.2. The molecule has 0 fully saturated rings. The van der Waals surface area contributed by atoms with Crippen molar-refractivity contribution >= 4 is 7.82 Å². The van der Waals surface area contributed by atoms with Crippen molar-refractivity contribution in [1.29, 1.82) is 0 Å². The summed E-state index contributed by atoms with van der Waals surface area (Å²) in [5.74, 6) is 0. The molecule has 0 aliphatic carbocycles. The normalized spacial score (nSPS) is 13.3. The van der Waals surface area contributed by atoms with Crippen LogP contribution in [0.25, 0.3) is 0 Å². The van der Waals surface area contributed by atoms with Crippen LogP contribution in [0.2, 0.25) is 0 Å². The van der Waals surface area contributed by atoms with Gasteiger partial charge in [0.2, 0.25) is 0 Å². The highest BCUT2D eigenvalue weighted by molar-refractivity contribution is 7.47. The molecule has 0 aliphatic rings. The molecule has 0 saturated carbocycles. The number of nitrogens with zero attached hydrogens (tertiary/aromatic N) is 1. The van der Waals surface area contributed by atoms with E-state index >= 15 is 0 Å². The molecule has 8 nitrogen and oxygen atoms in total. The fourth-order valence-corrected chi connectivity index (χ4v) is 4.65. The van der Waals surface area contributed by atoms with Gasteiger partial charge in [-0.25, -0.2) is 9.36 Å². The van der Waals surface area contributed by atoms with Crippen LogP contribution in [0.4, 0.5) is 0 Å². The van der Waals surface area contributed by atoms with Gasteiger partial charge in [0, 0.05) is 11.8 Å². The maximum atomic E-state index is 11.9. The van der Waals surface area contributed by atoms with Crippen LogP contribution in [-0.2, 0) is 20.2 Å². The third-order valence-corrected chi connectivity index (χ3v) is 7.05. The lowest BCUT2D eigenvalue weighted by molar-refractivity contribution is 0.143. The van der Waals surface area contributed by atoms with Crippen molar-refractivity contribution in [3.05, 3.63) is 32.6 Å². The maximum absolute atomic E-state index is 11.9. The standard InChI is InChI=1S/C25H47N2O6P/c1-3-4-5-6-7-8-9-10-11-12-13-14-15-16-17-18-20-32-34(30,31)33-21-19-27-22-23(2)24(28)26-25(27)29/h22H,3-21H2,1-2H3,(H,30,31)(H,26,28,29). The molecule has 198 valence electrons. The minimum Gasteiger partial charge on any atom is -0.302 e. The van der Waals surface area contributed by atoms with Crippen molar-refractivity contribution in [2.24, 2.45) is 0 Å². The van der Waals surface area contributed by atoms with Crippen LogP contribution >= 0.6 is 7.82 Å². The fraction of sp³-hybridized carbons (Fsp3) is 0.840. The number of phosphoric ester groups is 1. The summed E-state index contributed by atoms with van der Waals surface area (Å²) in [6.45, 7) is 3.88. The van der Waals surface area contributed by atoms with Gasteiger partial charge in [0.15, 0.2) is 0 Å². The quantitative estimate of drug-likeness (QED) is 0.143. The molecule has 1 unspecified atom stereocenters. The molecule has 34 heavy (non-hydrogen) atoms. The van der Waals surface area contributed by atoms with Gasteiger partial charge >= 0.3 is 13.5 Å². The number of nitrogens with one attached hydrogen (secondary N) is 1. The Bertz CT molecular complexity index is 807. The van der Waals surface area contributed by atoms with Gasteiger partial charge in [0.1, 0.15) is 0 Å². The molecule has 1 heterocycles. The van der Waals surface area contributed by atoms with E-state index in [0.717, 1.165) is 12.8 Å². The molecule has 0 aromatic carbocycles. The first-order valence-corrected chi connectivity index (χ1v) is 14.8. The van der Waals surface area contributed by atoms with Crippen LogP contribution in [0.15, 0.2) is 15.8 Å². The predicted molar refractivity (Wildman–Crippen MR) is 137 cm³/mol. The van der Waals surface area contributed by atoms with Crippen molar-refractivity contribution in [3.8, 4) is 0 Å². The Morgan fingerprint density at radius 2 is 1.24 bits per heavy atom. The van der Waals surface area contributed by atoms with Gasteiger partial charge in [0.25, 0.3) is 5.56 Å². The second-order valence-corrected chi connectivity index (χ2v) is 10.7. The average Bonchev–Trinajstić information content (AvgIpc) is 2.79. The lowest BCUT2D eigenvalue weighted by Crippen LogP contribution is -2.31. The summed E-state index contributed by atoms with van der Waals surface area (Å²) < 4.78 is 23.1. The van der Waals surface area contributed by atoms with Gasteiger partial charge in [-0.3, -0.25) is 23.4 Å². The first-order chi connectivity index (χ1) is 16.4. The minimum absolute atomic E-state index is 0.0451. The Balaban J connectivity index is 1.93. The molecule has 9 heteroatoms. The van der Waals surface area contributed by atoms with Gasteiger partial charge in [-0.05, 0) is 13.3 Å². The molecule has 1 rings (SSSR count). The van der Waals surface area contributed by atoms with Crippen LogP contribution in [0, 0.1) is 6.92 Å². The molecule has 1 atom stereocenters. The summed E-state index contributed by atoms with van der Waals surface area (Å²) in [5, 5.41) is 0. The van der Waals surface area contributed by atoms with Crippen molar-refractivity contribution < 1.29 is 18.5 Å². The third-order valence-electron chi connectivity index (χ3n) is 6.03. The summed E-state index contributed by atoms with van der Waals surface area (Å²) in [5.41, 5.74) is -0.648. The van der Waals surface area contributed by atoms with Crippen LogP contribution in [-0.4, -0.2) is 27.7 Å². The van der Waals surface area contributed by atoms with Crippen molar-refractivity contribution in [1.82, 2.24) is 9.55 Å². The van der Waals surface area contributed by atoms with Crippen molar-refractivity contribution in [2.75, 3.05) is 13.2 Å². The van der Waals surface area contributed by atoms with Gasteiger partial charge < -0.3 is 4.89 Å². The highest BCUT2D eigenvalue weighted by Gasteiger charge is 2.20. The Morgan fingerprint density at radius 1 is 0.794 bits per heavy atom. The molecule has 0 saturated heterocycles. The number of hydrogen-bond acceptors (Lipinski definition) is 5. The van der Waals surface area contributed by atoms with E-state index in [1.165, 1.54) is 94.2 Å². The molecule has 0 radical (unpaired) electrons. The van der Waals surface area contributed by atoms with Crippen molar-refractivity contribution in [2.45, 2.75) is 123 Å². The van der Waals surface area contributed by atoms with E-state index in [1.807, 2.05) is 0 Å². The maximum Gasteiger partial charge on any atom is 0.472 e. The summed E-state index contributed by atoms with van der Waals surface area (Å²) in [6, 6.07) is 0. The molecule has 0 spiro atoms.